The number of hydrogen-bond donors (Lipinski definition) is 1. The average molecular weight is 224 g/mol. The summed E-state index contributed by atoms with van der Waals surface area (Å²) in [5.41, 5.74) is 0. The standard InChI is InChI=1S/C13H24N2O/c1-4-9-15(11(2)3)13(16)10-12-5-7-14-8-6-12/h4,11-12,14H,1,5-10H2,2-3H3. The van der Waals surface area contributed by atoms with E-state index >= 15 is 0 Å². The fourth-order valence-electron chi connectivity index (χ4n) is 2.19. The van der Waals surface area contributed by atoms with Crippen molar-refractivity contribution < 1.29 is 4.79 Å². The number of piperidine rings is 1. The zero-order chi connectivity index (χ0) is 12.0. The molecule has 0 atom stereocenters. The second-order valence-corrected chi connectivity index (χ2v) is 4.83. The minimum absolute atomic E-state index is 0.271. The van der Waals surface area contributed by atoms with E-state index in [1.165, 1.54) is 0 Å². The molecule has 1 heterocycles. The summed E-state index contributed by atoms with van der Waals surface area (Å²) in [4.78, 5) is 14.0. The van der Waals surface area contributed by atoms with Gasteiger partial charge in [-0.2, -0.15) is 0 Å². The summed E-state index contributed by atoms with van der Waals surface area (Å²) in [5, 5.41) is 3.32. The van der Waals surface area contributed by atoms with Crippen LogP contribution in [0.2, 0.25) is 0 Å². The Morgan fingerprint density at radius 1 is 1.50 bits per heavy atom. The lowest BCUT2D eigenvalue weighted by molar-refractivity contribution is -0.133. The number of rotatable bonds is 5. The molecule has 1 fully saturated rings. The highest BCUT2D eigenvalue weighted by Gasteiger charge is 2.21. The summed E-state index contributed by atoms with van der Waals surface area (Å²) in [6.07, 6.45) is 4.77. The van der Waals surface area contributed by atoms with Crippen molar-refractivity contribution in [3.05, 3.63) is 12.7 Å². The number of carbonyl (C=O) groups is 1. The summed E-state index contributed by atoms with van der Waals surface area (Å²) in [6.45, 7) is 10.6. The first-order valence-corrected chi connectivity index (χ1v) is 6.26. The van der Waals surface area contributed by atoms with Crippen LogP contribution < -0.4 is 5.32 Å². The first kappa shape index (κ1) is 13.2. The zero-order valence-electron chi connectivity index (χ0n) is 10.5. The Balaban J connectivity index is 2.43. The lowest BCUT2D eigenvalue weighted by Gasteiger charge is -2.29. The Morgan fingerprint density at radius 3 is 2.62 bits per heavy atom. The van der Waals surface area contributed by atoms with Crippen LogP contribution in [0.3, 0.4) is 0 Å². The minimum Gasteiger partial charge on any atom is -0.337 e. The van der Waals surface area contributed by atoms with Gasteiger partial charge in [0.2, 0.25) is 5.91 Å². The van der Waals surface area contributed by atoms with Gasteiger partial charge in [-0.05, 0) is 45.7 Å². The predicted molar refractivity (Wildman–Crippen MR) is 67.3 cm³/mol. The van der Waals surface area contributed by atoms with Crippen LogP contribution in [0.5, 0.6) is 0 Å². The third kappa shape index (κ3) is 3.97. The Morgan fingerprint density at radius 2 is 2.12 bits per heavy atom. The van der Waals surface area contributed by atoms with Gasteiger partial charge in [0.05, 0.1) is 0 Å². The van der Waals surface area contributed by atoms with E-state index in [2.05, 4.69) is 25.7 Å². The van der Waals surface area contributed by atoms with Crippen molar-refractivity contribution in [2.45, 2.75) is 39.2 Å². The fraction of sp³-hybridized carbons (Fsp3) is 0.769. The summed E-state index contributed by atoms with van der Waals surface area (Å²) in [7, 11) is 0. The highest BCUT2D eigenvalue weighted by atomic mass is 16.2. The molecule has 1 aliphatic rings. The molecule has 0 unspecified atom stereocenters. The van der Waals surface area contributed by atoms with Gasteiger partial charge in [-0.1, -0.05) is 6.08 Å². The average Bonchev–Trinajstić information content (AvgIpc) is 2.26. The van der Waals surface area contributed by atoms with Crippen LogP contribution in [0.1, 0.15) is 33.1 Å². The number of nitrogens with zero attached hydrogens (tertiary/aromatic N) is 1. The Labute approximate surface area is 98.9 Å². The van der Waals surface area contributed by atoms with Gasteiger partial charge in [-0.15, -0.1) is 6.58 Å². The molecule has 16 heavy (non-hydrogen) atoms. The van der Waals surface area contributed by atoms with Crippen molar-refractivity contribution in [1.82, 2.24) is 10.2 Å². The number of carbonyl (C=O) groups excluding carboxylic acids is 1. The molecule has 0 aromatic heterocycles. The smallest absolute Gasteiger partial charge is 0.223 e. The molecule has 3 nitrogen and oxygen atoms in total. The number of nitrogens with one attached hydrogen (secondary N) is 1. The van der Waals surface area contributed by atoms with Crippen LogP contribution in [0.4, 0.5) is 0 Å². The lowest BCUT2D eigenvalue weighted by atomic mass is 9.94. The van der Waals surface area contributed by atoms with E-state index in [1.807, 2.05) is 4.90 Å². The quantitative estimate of drug-likeness (QED) is 0.722. The van der Waals surface area contributed by atoms with Gasteiger partial charge in [0.15, 0.2) is 0 Å². The van der Waals surface area contributed by atoms with Gasteiger partial charge < -0.3 is 10.2 Å². The monoisotopic (exact) mass is 224 g/mol. The van der Waals surface area contributed by atoms with Crippen molar-refractivity contribution in [3.63, 3.8) is 0 Å². The van der Waals surface area contributed by atoms with Gasteiger partial charge in [0, 0.05) is 19.0 Å². The van der Waals surface area contributed by atoms with Crippen molar-refractivity contribution in [3.8, 4) is 0 Å². The SMILES string of the molecule is C=CCN(C(=O)CC1CCNCC1)C(C)C. The fourth-order valence-corrected chi connectivity index (χ4v) is 2.19. The van der Waals surface area contributed by atoms with E-state index < -0.39 is 0 Å². The first-order valence-electron chi connectivity index (χ1n) is 6.26. The topological polar surface area (TPSA) is 32.3 Å². The summed E-state index contributed by atoms with van der Waals surface area (Å²) < 4.78 is 0. The van der Waals surface area contributed by atoms with Crippen LogP contribution >= 0.6 is 0 Å². The van der Waals surface area contributed by atoms with Crippen molar-refractivity contribution >= 4 is 5.91 Å². The van der Waals surface area contributed by atoms with Crippen LogP contribution in [-0.2, 0) is 4.79 Å². The summed E-state index contributed by atoms with van der Waals surface area (Å²) in [5.74, 6) is 0.849. The molecule has 0 aromatic rings. The van der Waals surface area contributed by atoms with Crippen molar-refractivity contribution in [2.75, 3.05) is 19.6 Å². The van der Waals surface area contributed by atoms with Crippen LogP contribution in [0.15, 0.2) is 12.7 Å². The maximum absolute atomic E-state index is 12.1. The largest absolute Gasteiger partial charge is 0.337 e. The number of hydrogen-bond acceptors (Lipinski definition) is 2. The number of amides is 1. The van der Waals surface area contributed by atoms with Crippen LogP contribution in [-0.4, -0.2) is 36.5 Å². The molecule has 0 bridgehead atoms. The third-order valence-corrected chi connectivity index (χ3v) is 3.19. The molecule has 0 aliphatic carbocycles. The Bertz CT molecular complexity index is 232. The van der Waals surface area contributed by atoms with Gasteiger partial charge in [0.1, 0.15) is 0 Å². The molecule has 92 valence electrons. The Kier molecular flexibility index (Phi) is 5.53. The van der Waals surface area contributed by atoms with Crippen molar-refractivity contribution in [1.29, 1.82) is 0 Å². The summed E-state index contributed by atoms with van der Waals surface area (Å²) in [6, 6.07) is 0.271. The Hall–Kier alpha value is -0.830. The van der Waals surface area contributed by atoms with E-state index in [0.717, 1.165) is 25.9 Å². The molecule has 0 spiro atoms. The molecule has 1 saturated heterocycles. The van der Waals surface area contributed by atoms with Crippen LogP contribution in [0.25, 0.3) is 0 Å². The van der Waals surface area contributed by atoms with Crippen LogP contribution in [0, 0.1) is 5.92 Å². The minimum atomic E-state index is 0.271. The highest BCUT2D eigenvalue weighted by molar-refractivity contribution is 5.76. The summed E-state index contributed by atoms with van der Waals surface area (Å²) >= 11 is 0. The molecule has 1 N–H and O–H groups in total. The third-order valence-electron chi connectivity index (χ3n) is 3.19. The van der Waals surface area contributed by atoms with Crippen molar-refractivity contribution in [2.24, 2.45) is 5.92 Å². The zero-order valence-corrected chi connectivity index (χ0v) is 10.5. The molecule has 0 saturated carbocycles. The van der Waals surface area contributed by atoms with E-state index in [1.54, 1.807) is 6.08 Å². The maximum Gasteiger partial charge on any atom is 0.223 e. The lowest BCUT2D eigenvalue weighted by Crippen LogP contribution is -2.39. The molecule has 1 aliphatic heterocycles. The molecule has 1 rings (SSSR count). The molecular formula is C13H24N2O. The normalized spacial score (nSPS) is 17.4. The van der Waals surface area contributed by atoms with Gasteiger partial charge in [-0.25, -0.2) is 0 Å². The predicted octanol–water partition coefficient (Wildman–Crippen LogP) is 1.80. The molecule has 0 aromatic carbocycles. The molecule has 0 radical (unpaired) electrons. The van der Waals surface area contributed by atoms with E-state index in [-0.39, 0.29) is 11.9 Å². The van der Waals surface area contributed by atoms with E-state index in [4.69, 9.17) is 0 Å². The highest BCUT2D eigenvalue weighted by Crippen LogP contribution is 2.18. The maximum atomic E-state index is 12.1. The molecular weight excluding hydrogens is 200 g/mol. The first-order chi connectivity index (χ1) is 7.65. The second-order valence-electron chi connectivity index (χ2n) is 4.83. The van der Waals surface area contributed by atoms with Gasteiger partial charge in [-0.3, -0.25) is 4.79 Å². The van der Waals surface area contributed by atoms with E-state index in [9.17, 15) is 4.79 Å². The van der Waals surface area contributed by atoms with Gasteiger partial charge >= 0.3 is 0 Å². The second kappa shape index (κ2) is 6.69. The molecule has 3 heteroatoms. The van der Waals surface area contributed by atoms with E-state index in [0.29, 0.717) is 18.9 Å². The van der Waals surface area contributed by atoms with Gasteiger partial charge in [0.25, 0.3) is 0 Å². The molecule has 1 amide bonds.